The van der Waals surface area contributed by atoms with E-state index in [1.165, 1.54) is 44.6 Å². The van der Waals surface area contributed by atoms with Crippen LogP contribution in [-0.2, 0) is 9.53 Å². The summed E-state index contributed by atoms with van der Waals surface area (Å²) in [5.74, 6) is 2.25. The number of carbonyl (C=O) groups is 1. The molecule has 0 bridgehead atoms. The molecule has 0 spiro atoms. The number of rotatable bonds is 5. The summed E-state index contributed by atoms with van der Waals surface area (Å²) in [6.07, 6.45) is 11.4. The standard InChI is InChI=1S/C33H52O4/c1-21(18-34)24-11-15-33(19-35)17-16-31(6)25(28(24)33)8-9-27-29(4)13-10-22(2)30(5,20-37-23(3)36)26(29)12-14-32(27,31)7/h24-28,34-35H,1-2,8-20H2,3-7H3. The molecule has 0 aromatic carbocycles. The molecule has 0 aromatic heterocycles. The third-order valence-corrected chi connectivity index (χ3v) is 14.0. The smallest absolute Gasteiger partial charge is 0.302 e. The van der Waals surface area contributed by atoms with Gasteiger partial charge in [-0.1, -0.05) is 46.4 Å². The second-order valence-corrected chi connectivity index (χ2v) is 15.0. The van der Waals surface area contributed by atoms with Crippen molar-refractivity contribution in [2.45, 2.75) is 98.8 Å². The maximum absolute atomic E-state index is 11.8. The van der Waals surface area contributed by atoms with Gasteiger partial charge in [-0.15, -0.1) is 0 Å². The summed E-state index contributed by atoms with van der Waals surface area (Å²) in [5.41, 5.74) is 2.74. The first-order valence-electron chi connectivity index (χ1n) is 15.0. The minimum absolute atomic E-state index is 0.00242. The number of carbonyl (C=O) groups excluding carboxylic acids is 1. The van der Waals surface area contributed by atoms with Crippen molar-refractivity contribution < 1.29 is 19.7 Å². The molecule has 5 rings (SSSR count). The predicted molar refractivity (Wildman–Crippen MR) is 148 cm³/mol. The van der Waals surface area contributed by atoms with E-state index in [-0.39, 0.29) is 46.3 Å². The first kappa shape index (κ1) is 27.4. The zero-order valence-electron chi connectivity index (χ0n) is 24.2. The van der Waals surface area contributed by atoms with Crippen LogP contribution in [0.1, 0.15) is 98.8 Å². The Kier molecular flexibility index (Phi) is 6.63. The molecule has 0 radical (unpaired) electrons. The van der Waals surface area contributed by atoms with Gasteiger partial charge in [0.05, 0.1) is 6.61 Å². The van der Waals surface area contributed by atoms with E-state index in [0.717, 1.165) is 37.7 Å². The van der Waals surface area contributed by atoms with Crippen LogP contribution in [0.5, 0.6) is 0 Å². The number of fused-ring (bicyclic) bond motifs is 7. The lowest BCUT2D eigenvalue weighted by atomic mass is 9.32. The third-order valence-electron chi connectivity index (χ3n) is 14.0. The zero-order valence-corrected chi connectivity index (χ0v) is 24.2. The zero-order chi connectivity index (χ0) is 27.0. The van der Waals surface area contributed by atoms with Crippen LogP contribution in [0.25, 0.3) is 0 Å². The highest BCUT2D eigenvalue weighted by Crippen LogP contribution is 2.77. The van der Waals surface area contributed by atoms with Gasteiger partial charge in [-0.25, -0.2) is 0 Å². The van der Waals surface area contributed by atoms with Crippen LogP contribution in [0, 0.1) is 56.7 Å². The average molecular weight is 513 g/mol. The molecule has 0 aromatic rings. The molecule has 208 valence electrons. The van der Waals surface area contributed by atoms with Gasteiger partial charge in [-0.05, 0) is 121 Å². The Labute approximate surface area is 225 Å². The highest BCUT2D eigenvalue weighted by molar-refractivity contribution is 5.66. The van der Waals surface area contributed by atoms with Gasteiger partial charge in [-0.3, -0.25) is 4.79 Å². The molecule has 5 aliphatic rings. The Morgan fingerprint density at radius 3 is 2.32 bits per heavy atom. The molecule has 5 saturated carbocycles. The topological polar surface area (TPSA) is 66.8 Å². The van der Waals surface area contributed by atoms with Crippen molar-refractivity contribution in [1.82, 2.24) is 0 Å². The Morgan fingerprint density at radius 2 is 1.68 bits per heavy atom. The van der Waals surface area contributed by atoms with Gasteiger partial charge in [0.15, 0.2) is 0 Å². The Balaban J connectivity index is 1.51. The molecule has 37 heavy (non-hydrogen) atoms. The lowest BCUT2D eigenvalue weighted by molar-refractivity contribution is -0.237. The van der Waals surface area contributed by atoms with Crippen molar-refractivity contribution in [1.29, 1.82) is 0 Å². The second-order valence-electron chi connectivity index (χ2n) is 15.0. The van der Waals surface area contributed by atoms with E-state index in [1.54, 1.807) is 0 Å². The van der Waals surface area contributed by atoms with Crippen molar-refractivity contribution in [3.63, 3.8) is 0 Å². The van der Waals surface area contributed by atoms with Crippen LogP contribution in [0.2, 0.25) is 0 Å². The molecule has 0 saturated heterocycles. The van der Waals surface area contributed by atoms with Gasteiger partial charge in [0.25, 0.3) is 0 Å². The van der Waals surface area contributed by atoms with Crippen LogP contribution in [0.3, 0.4) is 0 Å². The molecule has 0 amide bonds. The summed E-state index contributed by atoms with van der Waals surface area (Å²) in [6.45, 7) is 21.2. The molecule has 5 aliphatic carbocycles. The van der Waals surface area contributed by atoms with E-state index in [0.29, 0.717) is 36.2 Å². The van der Waals surface area contributed by atoms with Gasteiger partial charge in [0.1, 0.15) is 6.61 Å². The van der Waals surface area contributed by atoms with Crippen molar-refractivity contribution in [2.75, 3.05) is 19.8 Å². The summed E-state index contributed by atoms with van der Waals surface area (Å²) < 4.78 is 5.68. The summed E-state index contributed by atoms with van der Waals surface area (Å²) in [7, 11) is 0. The predicted octanol–water partition coefficient (Wildman–Crippen LogP) is 6.71. The summed E-state index contributed by atoms with van der Waals surface area (Å²) in [5, 5.41) is 20.8. The fourth-order valence-electron chi connectivity index (χ4n) is 11.7. The summed E-state index contributed by atoms with van der Waals surface area (Å²) in [6, 6.07) is 0. The van der Waals surface area contributed by atoms with E-state index in [4.69, 9.17) is 4.74 Å². The van der Waals surface area contributed by atoms with Crippen molar-refractivity contribution in [2.24, 2.45) is 56.7 Å². The van der Waals surface area contributed by atoms with Crippen LogP contribution in [0.4, 0.5) is 0 Å². The van der Waals surface area contributed by atoms with E-state index < -0.39 is 0 Å². The van der Waals surface area contributed by atoms with E-state index in [2.05, 4.69) is 40.9 Å². The fraction of sp³-hybridized carbons (Fsp3) is 0.848. The third kappa shape index (κ3) is 3.56. The number of aliphatic hydroxyl groups excluding tert-OH is 2. The lowest BCUT2D eigenvalue weighted by Gasteiger charge is -2.72. The molecule has 0 aliphatic heterocycles. The highest BCUT2D eigenvalue weighted by Gasteiger charge is 2.70. The maximum Gasteiger partial charge on any atom is 0.302 e. The highest BCUT2D eigenvalue weighted by atomic mass is 16.5. The van der Waals surface area contributed by atoms with Crippen LogP contribution < -0.4 is 0 Å². The quantitative estimate of drug-likeness (QED) is 0.317. The first-order valence-corrected chi connectivity index (χ1v) is 15.0. The average Bonchev–Trinajstić information content (AvgIpc) is 3.25. The monoisotopic (exact) mass is 512 g/mol. The molecule has 0 heterocycles. The molecule has 10 unspecified atom stereocenters. The number of hydrogen-bond donors (Lipinski definition) is 2. The molecule has 4 heteroatoms. The van der Waals surface area contributed by atoms with Gasteiger partial charge >= 0.3 is 5.97 Å². The summed E-state index contributed by atoms with van der Waals surface area (Å²) in [4.78, 5) is 11.8. The number of hydrogen-bond acceptors (Lipinski definition) is 4. The van der Waals surface area contributed by atoms with E-state index in [1.807, 2.05) is 0 Å². The van der Waals surface area contributed by atoms with Crippen LogP contribution in [0.15, 0.2) is 24.3 Å². The van der Waals surface area contributed by atoms with Crippen molar-refractivity contribution in [3.05, 3.63) is 24.3 Å². The largest absolute Gasteiger partial charge is 0.465 e. The minimum Gasteiger partial charge on any atom is -0.465 e. The lowest BCUT2D eigenvalue weighted by Crippen LogP contribution is -2.66. The Hall–Kier alpha value is -1.13. The number of esters is 1. The number of aliphatic hydroxyl groups is 2. The second kappa shape index (κ2) is 8.95. The van der Waals surface area contributed by atoms with Crippen molar-refractivity contribution >= 4 is 5.97 Å². The first-order chi connectivity index (χ1) is 17.3. The van der Waals surface area contributed by atoms with E-state index in [9.17, 15) is 15.0 Å². The Morgan fingerprint density at radius 1 is 0.946 bits per heavy atom. The van der Waals surface area contributed by atoms with Gasteiger partial charge in [0.2, 0.25) is 0 Å². The molecule has 4 nitrogen and oxygen atoms in total. The molecular weight excluding hydrogens is 460 g/mol. The molecular formula is C33H52O4. The van der Waals surface area contributed by atoms with Gasteiger partial charge < -0.3 is 14.9 Å². The molecule has 5 fully saturated rings. The SMILES string of the molecule is C=C(CO)C1CCC2(CO)CCC3(C)C(CCC4C5(C)CCC(=C)C(C)(COC(C)=O)C5CCC43C)C12. The van der Waals surface area contributed by atoms with Gasteiger partial charge in [0, 0.05) is 18.9 Å². The Bertz CT molecular complexity index is 971. The normalized spacial score (nSPS) is 50.9. The maximum atomic E-state index is 11.8. The number of ether oxygens (including phenoxy) is 1. The van der Waals surface area contributed by atoms with Crippen LogP contribution in [-0.4, -0.2) is 36.0 Å². The van der Waals surface area contributed by atoms with E-state index >= 15 is 0 Å². The molecule has 10 atom stereocenters. The van der Waals surface area contributed by atoms with Crippen molar-refractivity contribution in [3.8, 4) is 0 Å². The van der Waals surface area contributed by atoms with Gasteiger partial charge in [-0.2, -0.15) is 0 Å². The molecule has 2 N–H and O–H groups in total. The van der Waals surface area contributed by atoms with Crippen LogP contribution >= 0.6 is 0 Å². The summed E-state index contributed by atoms with van der Waals surface area (Å²) >= 11 is 0. The fourth-order valence-corrected chi connectivity index (χ4v) is 11.7. The minimum atomic E-state index is -0.194.